The van der Waals surface area contributed by atoms with E-state index in [1.807, 2.05) is 30.5 Å². The first-order valence-corrected chi connectivity index (χ1v) is 9.10. The van der Waals surface area contributed by atoms with Gasteiger partial charge in [-0.25, -0.2) is 9.37 Å². The Balaban J connectivity index is 1.44. The molecule has 0 atom stereocenters. The third kappa shape index (κ3) is 4.29. The molecule has 0 saturated carbocycles. The lowest BCUT2D eigenvalue weighted by Gasteiger charge is -2.10. The topological polar surface area (TPSA) is 41.6 Å². The molecule has 0 saturated heterocycles. The van der Waals surface area contributed by atoms with Crippen LogP contribution in [0.3, 0.4) is 0 Å². The molecular formula is C22H17F4N3. The van der Waals surface area contributed by atoms with Crippen LogP contribution in [0.25, 0.3) is 11.0 Å². The van der Waals surface area contributed by atoms with Crippen LogP contribution in [0.1, 0.15) is 27.9 Å². The zero-order chi connectivity index (χ0) is 20.4. The second-order valence-corrected chi connectivity index (χ2v) is 6.85. The maximum atomic E-state index is 13.9. The predicted octanol–water partition coefficient (Wildman–Crippen LogP) is 5.49. The first-order valence-electron chi connectivity index (χ1n) is 9.10. The van der Waals surface area contributed by atoms with Crippen LogP contribution in [0.15, 0.2) is 61.1 Å². The summed E-state index contributed by atoms with van der Waals surface area (Å²) in [7, 11) is 0. The molecule has 7 heteroatoms. The second kappa shape index (κ2) is 7.66. The predicted molar refractivity (Wildman–Crippen MR) is 102 cm³/mol. The average Bonchev–Trinajstić information content (AvgIpc) is 3.10. The molecule has 0 radical (unpaired) electrons. The molecular weight excluding hydrogens is 382 g/mol. The number of halogens is 4. The Morgan fingerprint density at radius 2 is 1.79 bits per heavy atom. The van der Waals surface area contributed by atoms with Gasteiger partial charge < -0.3 is 4.98 Å². The van der Waals surface area contributed by atoms with E-state index in [2.05, 4.69) is 15.0 Å². The van der Waals surface area contributed by atoms with Gasteiger partial charge in [0.2, 0.25) is 0 Å². The largest absolute Gasteiger partial charge is 0.416 e. The summed E-state index contributed by atoms with van der Waals surface area (Å²) in [6, 6.07) is 10.1. The van der Waals surface area contributed by atoms with Crippen LogP contribution in [0.2, 0.25) is 0 Å². The molecule has 3 nitrogen and oxygen atoms in total. The normalized spacial score (nSPS) is 11.9. The zero-order valence-corrected chi connectivity index (χ0v) is 15.3. The SMILES string of the molecule is Fc1ccc(C(F)(F)F)cc1CCc1ccc(Cc2c[nH]c3ncccc23)cn1. The maximum Gasteiger partial charge on any atom is 0.416 e. The maximum absolute atomic E-state index is 13.9. The summed E-state index contributed by atoms with van der Waals surface area (Å²) in [6.07, 6.45) is 2.09. The number of aryl methyl sites for hydroxylation is 2. The van der Waals surface area contributed by atoms with Gasteiger partial charge in [0.25, 0.3) is 0 Å². The Hall–Kier alpha value is -3.22. The van der Waals surface area contributed by atoms with Crippen molar-refractivity contribution in [2.75, 3.05) is 0 Å². The standard InChI is InChI=1S/C22H17F4N3/c23-20-8-5-17(22(24,25)26)11-15(20)4-7-18-6-3-14(12-28-18)10-16-13-29-21-19(16)2-1-9-27-21/h1-3,5-6,8-9,11-13H,4,7,10H2,(H,27,29). The van der Waals surface area contributed by atoms with Gasteiger partial charge in [-0.15, -0.1) is 0 Å². The highest BCUT2D eigenvalue weighted by Crippen LogP contribution is 2.30. The van der Waals surface area contributed by atoms with E-state index in [4.69, 9.17) is 0 Å². The molecule has 1 N–H and O–H groups in total. The molecule has 3 heterocycles. The summed E-state index contributed by atoms with van der Waals surface area (Å²) in [4.78, 5) is 11.8. The second-order valence-electron chi connectivity index (χ2n) is 6.85. The lowest BCUT2D eigenvalue weighted by atomic mass is 10.0. The molecule has 0 aliphatic heterocycles. The minimum Gasteiger partial charge on any atom is -0.346 e. The highest BCUT2D eigenvalue weighted by molar-refractivity contribution is 5.79. The van der Waals surface area contributed by atoms with Crippen molar-refractivity contribution in [3.63, 3.8) is 0 Å². The minimum atomic E-state index is -4.49. The van der Waals surface area contributed by atoms with Crippen molar-refractivity contribution >= 4 is 11.0 Å². The third-order valence-corrected chi connectivity index (χ3v) is 4.84. The number of hydrogen-bond acceptors (Lipinski definition) is 2. The molecule has 0 amide bonds. The smallest absolute Gasteiger partial charge is 0.346 e. The van der Waals surface area contributed by atoms with E-state index in [1.165, 1.54) is 0 Å². The summed E-state index contributed by atoms with van der Waals surface area (Å²) >= 11 is 0. The highest BCUT2D eigenvalue weighted by Gasteiger charge is 2.31. The number of alkyl halides is 3. The number of fused-ring (bicyclic) bond motifs is 1. The van der Waals surface area contributed by atoms with Gasteiger partial charge in [0, 0.05) is 36.1 Å². The Kier molecular flexibility index (Phi) is 5.05. The van der Waals surface area contributed by atoms with Gasteiger partial charge in [0.1, 0.15) is 11.5 Å². The van der Waals surface area contributed by atoms with Crippen LogP contribution >= 0.6 is 0 Å². The van der Waals surface area contributed by atoms with Crippen LogP contribution in [-0.2, 0) is 25.4 Å². The van der Waals surface area contributed by atoms with E-state index < -0.39 is 17.6 Å². The molecule has 29 heavy (non-hydrogen) atoms. The number of nitrogens with one attached hydrogen (secondary N) is 1. The number of hydrogen-bond donors (Lipinski definition) is 1. The highest BCUT2D eigenvalue weighted by atomic mass is 19.4. The Morgan fingerprint density at radius 1 is 0.931 bits per heavy atom. The molecule has 0 unspecified atom stereocenters. The van der Waals surface area contributed by atoms with E-state index in [9.17, 15) is 17.6 Å². The van der Waals surface area contributed by atoms with Gasteiger partial charge >= 0.3 is 6.18 Å². The molecule has 0 aliphatic rings. The first kappa shape index (κ1) is 19.1. The number of benzene rings is 1. The van der Waals surface area contributed by atoms with Gasteiger partial charge in [-0.1, -0.05) is 6.07 Å². The van der Waals surface area contributed by atoms with Crippen molar-refractivity contribution in [3.05, 3.63) is 94.8 Å². The summed E-state index contributed by atoms with van der Waals surface area (Å²) in [6.45, 7) is 0. The lowest BCUT2D eigenvalue weighted by Crippen LogP contribution is -2.07. The van der Waals surface area contributed by atoms with Crippen molar-refractivity contribution < 1.29 is 17.6 Å². The molecule has 0 spiro atoms. The number of aromatic amines is 1. The van der Waals surface area contributed by atoms with Crippen LogP contribution in [0.5, 0.6) is 0 Å². The third-order valence-electron chi connectivity index (χ3n) is 4.84. The number of rotatable bonds is 5. The fourth-order valence-corrected chi connectivity index (χ4v) is 3.29. The number of pyridine rings is 2. The Morgan fingerprint density at radius 3 is 2.55 bits per heavy atom. The van der Waals surface area contributed by atoms with Crippen molar-refractivity contribution in [1.29, 1.82) is 0 Å². The van der Waals surface area contributed by atoms with Crippen molar-refractivity contribution in [3.8, 4) is 0 Å². The van der Waals surface area contributed by atoms with Crippen LogP contribution in [-0.4, -0.2) is 15.0 Å². The van der Waals surface area contributed by atoms with Crippen LogP contribution in [0, 0.1) is 5.82 Å². The quantitative estimate of drug-likeness (QED) is 0.451. The van der Waals surface area contributed by atoms with Crippen molar-refractivity contribution in [2.24, 2.45) is 0 Å². The first-order chi connectivity index (χ1) is 13.9. The summed E-state index contributed by atoms with van der Waals surface area (Å²) in [5.41, 5.74) is 2.83. The number of H-pyrrole nitrogens is 1. The average molecular weight is 399 g/mol. The van der Waals surface area contributed by atoms with E-state index in [0.717, 1.165) is 40.4 Å². The Labute approximate surface area is 164 Å². The molecule has 4 rings (SSSR count). The fourth-order valence-electron chi connectivity index (χ4n) is 3.29. The summed E-state index contributed by atoms with van der Waals surface area (Å²) in [5.74, 6) is -0.637. The van der Waals surface area contributed by atoms with E-state index in [-0.39, 0.29) is 12.0 Å². The fraction of sp³-hybridized carbons (Fsp3) is 0.182. The molecule has 3 aromatic heterocycles. The molecule has 0 fully saturated rings. The van der Waals surface area contributed by atoms with Gasteiger partial charge in [0.05, 0.1) is 5.56 Å². The summed E-state index contributed by atoms with van der Waals surface area (Å²) < 4.78 is 52.3. The van der Waals surface area contributed by atoms with Crippen molar-refractivity contribution in [1.82, 2.24) is 15.0 Å². The summed E-state index contributed by atoms with van der Waals surface area (Å²) in [5, 5.41) is 1.05. The van der Waals surface area contributed by atoms with Gasteiger partial charge in [-0.2, -0.15) is 13.2 Å². The zero-order valence-electron chi connectivity index (χ0n) is 15.3. The van der Waals surface area contributed by atoms with E-state index >= 15 is 0 Å². The molecule has 148 valence electrons. The van der Waals surface area contributed by atoms with Crippen molar-refractivity contribution in [2.45, 2.75) is 25.4 Å². The van der Waals surface area contributed by atoms with Crippen LogP contribution in [0.4, 0.5) is 17.6 Å². The molecule has 1 aromatic carbocycles. The van der Waals surface area contributed by atoms with Gasteiger partial charge in [-0.05, 0) is 65.9 Å². The molecule has 0 bridgehead atoms. The number of aromatic nitrogens is 3. The monoisotopic (exact) mass is 399 g/mol. The Bertz CT molecular complexity index is 1130. The van der Waals surface area contributed by atoms with Gasteiger partial charge in [-0.3, -0.25) is 4.98 Å². The molecule has 4 aromatic rings. The number of nitrogens with zero attached hydrogens (tertiary/aromatic N) is 2. The molecule has 0 aliphatic carbocycles. The lowest BCUT2D eigenvalue weighted by molar-refractivity contribution is -0.137. The van der Waals surface area contributed by atoms with E-state index in [0.29, 0.717) is 18.5 Å². The van der Waals surface area contributed by atoms with Gasteiger partial charge in [0.15, 0.2) is 0 Å². The minimum absolute atomic E-state index is 0.0389. The van der Waals surface area contributed by atoms with Crippen LogP contribution < -0.4 is 0 Å². The van der Waals surface area contributed by atoms with E-state index in [1.54, 1.807) is 12.4 Å².